The number of nitrogens with one attached hydrogen (secondary N) is 2. The molecule has 7 nitrogen and oxygen atoms in total. The molecule has 0 spiro atoms. The highest BCUT2D eigenvalue weighted by atomic mass is 32.1. The lowest BCUT2D eigenvalue weighted by molar-refractivity contribution is -0.302. The van der Waals surface area contributed by atoms with Gasteiger partial charge in [-0.3, -0.25) is 14.4 Å². The number of imide groups is 1. The SMILES string of the molecule is CC(C)Nc1scc2c1C(=O)N([C@]1(C)CCONO1)C2=O. The van der Waals surface area contributed by atoms with Gasteiger partial charge in [-0.05, 0) is 20.8 Å². The van der Waals surface area contributed by atoms with Crippen LogP contribution in [0.2, 0.25) is 0 Å². The molecule has 21 heavy (non-hydrogen) atoms. The Morgan fingerprint density at radius 1 is 1.43 bits per heavy atom. The van der Waals surface area contributed by atoms with Crippen LogP contribution in [0.15, 0.2) is 5.38 Å². The first-order valence-corrected chi connectivity index (χ1v) is 7.64. The molecule has 1 saturated heterocycles. The summed E-state index contributed by atoms with van der Waals surface area (Å²) in [7, 11) is 0. The summed E-state index contributed by atoms with van der Waals surface area (Å²) in [6.45, 7) is 6.02. The first kappa shape index (κ1) is 14.5. The quantitative estimate of drug-likeness (QED) is 0.828. The summed E-state index contributed by atoms with van der Waals surface area (Å²) in [6, 6.07) is 0.182. The third kappa shape index (κ3) is 2.24. The normalized spacial score (nSPS) is 25.6. The van der Waals surface area contributed by atoms with E-state index < -0.39 is 5.72 Å². The lowest BCUT2D eigenvalue weighted by atomic mass is 10.1. The fourth-order valence-corrected chi connectivity index (χ4v) is 3.53. The summed E-state index contributed by atoms with van der Waals surface area (Å²) < 4.78 is 0. The average Bonchev–Trinajstić information content (AvgIpc) is 2.92. The Hall–Kier alpha value is -1.48. The molecule has 2 aliphatic heterocycles. The molecule has 8 heteroatoms. The van der Waals surface area contributed by atoms with Gasteiger partial charge in [0, 0.05) is 17.8 Å². The predicted molar refractivity (Wildman–Crippen MR) is 76.8 cm³/mol. The van der Waals surface area contributed by atoms with E-state index in [0.29, 0.717) is 24.2 Å². The Labute approximate surface area is 126 Å². The summed E-state index contributed by atoms with van der Waals surface area (Å²) in [5.74, 6) is -0.653. The van der Waals surface area contributed by atoms with Crippen LogP contribution in [0, 0.1) is 0 Å². The molecule has 0 bridgehead atoms. The molecule has 0 aromatic carbocycles. The van der Waals surface area contributed by atoms with Crippen LogP contribution in [-0.4, -0.2) is 35.1 Å². The summed E-state index contributed by atoms with van der Waals surface area (Å²) >= 11 is 1.37. The van der Waals surface area contributed by atoms with E-state index in [2.05, 4.69) is 11.0 Å². The zero-order chi connectivity index (χ0) is 15.2. The van der Waals surface area contributed by atoms with Gasteiger partial charge < -0.3 is 5.32 Å². The maximum Gasteiger partial charge on any atom is 0.266 e. The minimum Gasteiger partial charge on any atom is -0.374 e. The van der Waals surface area contributed by atoms with Crippen molar-refractivity contribution in [3.63, 3.8) is 0 Å². The number of carbonyl (C=O) groups excluding carboxylic acids is 2. The molecule has 1 fully saturated rings. The van der Waals surface area contributed by atoms with E-state index in [9.17, 15) is 9.59 Å². The number of thiophene rings is 1. The van der Waals surface area contributed by atoms with Crippen molar-refractivity contribution < 1.29 is 19.3 Å². The van der Waals surface area contributed by atoms with Gasteiger partial charge in [-0.1, -0.05) is 5.64 Å². The molecule has 1 atom stereocenters. The van der Waals surface area contributed by atoms with Gasteiger partial charge in [0.25, 0.3) is 11.8 Å². The van der Waals surface area contributed by atoms with Crippen molar-refractivity contribution in [1.29, 1.82) is 0 Å². The van der Waals surface area contributed by atoms with Gasteiger partial charge in [0.05, 0.1) is 17.7 Å². The standard InChI is InChI=1S/C13H17N3O4S/c1-7(2)14-10-9-8(6-21-10)11(17)16(12(9)18)13(3)4-5-19-15-20-13/h6-7,14-15H,4-5H2,1-3H3/t13-/m0/s1. The van der Waals surface area contributed by atoms with Crippen LogP contribution in [0.5, 0.6) is 0 Å². The highest BCUT2D eigenvalue weighted by Gasteiger charge is 2.50. The maximum absolute atomic E-state index is 12.7. The van der Waals surface area contributed by atoms with Gasteiger partial charge in [0.1, 0.15) is 5.00 Å². The lowest BCUT2D eigenvalue weighted by Crippen LogP contribution is -2.57. The smallest absolute Gasteiger partial charge is 0.266 e. The minimum absolute atomic E-state index is 0.182. The molecule has 3 rings (SSSR count). The van der Waals surface area contributed by atoms with Crippen LogP contribution in [0.3, 0.4) is 0 Å². The number of amides is 2. The fourth-order valence-electron chi connectivity index (χ4n) is 2.46. The van der Waals surface area contributed by atoms with Crippen molar-refractivity contribution in [2.24, 2.45) is 0 Å². The third-order valence-electron chi connectivity index (χ3n) is 3.52. The van der Waals surface area contributed by atoms with E-state index in [1.165, 1.54) is 16.2 Å². The van der Waals surface area contributed by atoms with Gasteiger partial charge in [0.15, 0.2) is 5.72 Å². The Morgan fingerprint density at radius 3 is 2.81 bits per heavy atom. The third-order valence-corrected chi connectivity index (χ3v) is 4.43. The number of hydrogen-bond donors (Lipinski definition) is 2. The summed E-state index contributed by atoms with van der Waals surface area (Å²) in [4.78, 5) is 36.6. The molecule has 1 aromatic heterocycles. The van der Waals surface area contributed by atoms with Crippen molar-refractivity contribution in [2.45, 2.75) is 39.0 Å². The number of fused-ring (bicyclic) bond motifs is 1. The molecule has 0 saturated carbocycles. The second-order valence-electron chi connectivity index (χ2n) is 5.56. The number of rotatable bonds is 3. The maximum atomic E-state index is 12.7. The van der Waals surface area contributed by atoms with E-state index >= 15 is 0 Å². The average molecular weight is 311 g/mol. The summed E-state index contributed by atoms with van der Waals surface area (Å²) in [5, 5.41) is 5.65. The first-order valence-electron chi connectivity index (χ1n) is 6.76. The molecular weight excluding hydrogens is 294 g/mol. The van der Waals surface area contributed by atoms with Crippen LogP contribution in [0.4, 0.5) is 5.00 Å². The molecule has 0 radical (unpaired) electrons. The van der Waals surface area contributed by atoms with Gasteiger partial charge in [-0.25, -0.2) is 9.74 Å². The summed E-state index contributed by atoms with van der Waals surface area (Å²) in [5.41, 5.74) is 2.13. The van der Waals surface area contributed by atoms with Gasteiger partial charge in [-0.15, -0.1) is 11.3 Å². The van der Waals surface area contributed by atoms with Gasteiger partial charge in [-0.2, -0.15) is 0 Å². The Morgan fingerprint density at radius 2 is 2.19 bits per heavy atom. The number of hydrogen-bond acceptors (Lipinski definition) is 7. The molecule has 0 unspecified atom stereocenters. The molecule has 2 N–H and O–H groups in total. The molecule has 0 aliphatic carbocycles. The van der Waals surface area contributed by atoms with Crippen molar-refractivity contribution in [1.82, 2.24) is 10.5 Å². The molecule has 2 aliphatic rings. The molecular formula is C13H17N3O4S. The van der Waals surface area contributed by atoms with Crippen molar-refractivity contribution >= 4 is 28.2 Å². The van der Waals surface area contributed by atoms with Crippen LogP contribution in [0.1, 0.15) is 47.9 Å². The monoisotopic (exact) mass is 311 g/mol. The Kier molecular flexibility index (Phi) is 3.48. The minimum atomic E-state index is -1.04. The van der Waals surface area contributed by atoms with E-state index in [-0.39, 0.29) is 17.9 Å². The topological polar surface area (TPSA) is 79.9 Å². The Bertz CT molecular complexity index is 592. The number of nitrogens with zero attached hydrogens (tertiary/aromatic N) is 1. The van der Waals surface area contributed by atoms with E-state index in [1.54, 1.807) is 12.3 Å². The van der Waals surface area contributed by atoms with Gasteiger partial charge >= 0.3 is 0 Å². The molecule has 2 amide bonds. The number of carbonyl (C=O) groups is 2. The first-order chi connectivity index (χ1) is 9.94. The molecule has 3 heterocycles. The summed E-state index contributed by atoms with van der Waals surface area (Å²) in [6.07, 6.45) is 0.415. The van der Waals surface area contributed by atoms with Crippen LogP contribution in [0.25, 0.3) is 0 Å². The zero-order valence-corrected chi connectivity index (χ0v) is 12.9. The van der Waals surface area contributed by atoms with Gasteiger partial charge in [0.2, 0.25) is 0 Å². The Balaban J connectivity index is 1.95. The zero-order valence-electron chi connectivity index (χ0n) is 12.1. The fraction of sp³-hybridized carbons (Fsp3) is 0.538. The molecule has 1 aromatic rings. The van der Waals surface area contributed by atoms with E-state index in [1.807, 2.05) is 13.8 Å². The highest BCUT2D eigenvalue weighted by molar-refractivity contribution is 7.15. The second kappa shape index (κ2) is 5.06. The second-order valence-corrected chi connectivity index (χ2v) is 6.44. The van der Waals surface area contributed by atoms with Crippen molar-refractivity contribution in [3.8, 4) is 0 Å². The van der Waals surface area contributed by atoms with Crippen LogP contribution in [-0.2, 0) is 9.68 Å². The van der Waals surface area contributed by atoms with Crippen molar-refractivity contribution in [2.75, 3.05) is 11.9 Å². The van der Waals surface area contributed by atoms with Crippen LogP contribution >= 0.6 is 11.3 Å². The van der Waals surface area contributed by atoms with E-state index in [4.69, 9.17) is 9.68 Å². The largest absolute Gasteiger partial charge is 0.374 e. The number of anilines is 1. The lowest BCUT2D eigenvalue weighted by Gasteiger charge is -2.38. The predicted octanol–water partition coefficient (Wildman–Crippen LogP) is 1.74. The van der Waals surface area contributed by atoms with Crippen molar-refractivity contribution in [3.05, 3.63) is 16.5 Å². The van der Waals surface area contributed by atoms with E-state index in [0.717, 1.165) is 5.00 Å². The highest BCUT2D eigenvalue weighted by Crippen LogP contribution is 2.39. The molecule has 114 valence electrons. The van der Waals surface area contributed by atoms with Crippen LogP contribution < -0.4 is 11.0 Å².